The largest absolute Gasteiger partial charge is 0.462 e. The van der Waals surface area contributed by atoms with Crippen molar-refractivity contribution in [3.05, 3.63) is 29.8 Å². The topological polar surface area (TPSA) is 63.7 Å². The van der Waals surface area contributed by atoms with E-state index in [0.717, 1.165) is 0 Å². The Hall–Kier alpha value is -1.82. The van der Waals surface area contributed by atoms with Crippen molar-refractivity contribution in [1.29, 1.82) is 0 Å². The third-order valence-corrected chi connectivity index (χ3v) is 4.07. The van der Waals surface area contributed by atoms with Crippen LogP contribution in [0.3, 0.4) is 0 Å². The normalized spacial score (nSPS) is 17.9. The zero-order chi connectivity index (χ0) is 15.4. The van der Waals surface area contributed by atoms with Crippen molar-refractivity contribution in [1.82, 2.24) is 0 Å². The number of hydrogen-bond acceptors (Lipinski definition) is 5. The third-order valence-electron chi connectivity index (χ3n) is 3.09. The highest BCUT2D eigenvalue weighted by molar-refractivity contribution is 8.14. The first-order chi connectivity index (χ1) is 10.0. The maximum atomic E-state index is 12.1. The summed E-state index contributed by atoms with van der Waals surface area (Å²) in [5.41, 5.74) is 1.09. The van der Waals surface area contributed by atoms with E-state index in [1.165, 1.54) is 18.7 Å². The lowest BCUT2D eigenvalue weighted by molar-refractivity contribution is -0.117. The molecule has 1 aromatic carbocycles. The lowest BCUT2D eigenvalue weighted by Crippen LogP contribution is -2.25. The predicted octanol–water partition coefficient (Wildman–Crippen LogP) is 2.25. The number of rotatable bonds is 4. The molecule has 6 heteroatoms. The van der Waals surface area contributed by atoms with Gasteiger partial charge in [0.1, 0.15) is 0 Å². The molecule has 0 bridgehead atoms. The molecule has 1 aromatic rings. The zero-order valence-corrected chi connectivity index (χ0v) is 12.8. The molecule has 0 aromatic heterocycles. The fraction of sp³-hybridized carbons (Fsp3) is 0.400. The fourth-order valence-corrected chi connectivity index (χ4v) is 3.17. The molecule has 1 aliphatic heterocycles. The van der Waals surface area contributed by atoms with Crippen molar-refractivity contribution in [2.45, 2.75) is 25.5 Å². The number of anilines is 1. The predicted molar refractivity (Wildman–Crippen MR) is 81.4 cm³/mol. The molecule has 0 aliphatic carbocycles. The summed E-state index contributed by atoms with van der Waals surface area (Å²) in [6.45, 7) is 4.03. The van der Waals surface area contributed by atoms with Crippen molar-refractivity contribution in [2.24, 2.45) is 0 Å². The lowest BCUT2D eigenvalue weighted by atomic mass is 10.2. The summed E-state index contributed by atoms with van der Waals surface area (Å²) >= 11 is 1.19. The van der Waals surface area contributed by atoms with Gasteiger partial charge in [-0.3, -0.25) is 9.59 Å². The second-order valence-corrected chi connectivity index (χ2v) is 6.19. The minimum absolute atomic E-state index is 0.00919. The molecule has 1 saturated heterocycles. The van der Waals surface area contributed by atoms with Gasteiger partial charge in [0.15, 0.2) is 5.12 Å². The maximum absolute atomic E-state index is 12.1. The van der Waals surface area contributed by atoms with Crippen LogP contribution < -0.4 is 4.90 Å². The van der Waals surface area contributed by atoms with Crippen LogP contribution in [0.1, 0.15) is 30.6 Å². The Balaban J connectivity index is 2.15. The van der Waals surface area contributed by atoms with Crippen LogP contribution in [-0.2, 0) is 14.3 Å². The molecule has 1 fully saturated rings. The van der Waals surface area contributed by atoms with Crippen LogP contribution in [0, 0.1) is 0 Å². The number of carbonyl (C=O) groups excluding carboxylic acids is 3. The molecule has 0 N–H and O–H groups in total. The van der Waals surface area contributed by atoms with E-state index in [2.05, 4.69) is 0 Å². The minimum atomic E-state index is -0.402. The highest BCUT2D eigenvalue weighted by Crippen LogP contribution is 2.29. The molecule has 1 aliphatic rings. The molecule has 1 heterocycles. The van der Waals surface area contributed by atoms with Gasteiger partial charge in [-0.25, -0.2) is 4.79 Å². The number of thioether (sulfide) groups is 1. The Kier molecular flexibility index (Phi) is 5.01. The maximum Gasteiger partial charge on any atom is 0.338 e. The summed E-state index contributed by atoms with van der Waals surface area (Å²) < 4.78 is 4.96. The first-order valence-electron chi connectivity index (χ1n) is 6.76. The average Bonchev–Trinajstić information content (AvgIpc) is 2.79. The SMILES string of the molecule is CCOC(=O)c1cccc(N2CC(SC(C)=O)CC2=O)c1. The van der Waals surface area contributed by atoms with Crippen LogP contribution in [0.25, 0.3) is 0 Å². The molecule has 2 rings (SSSR count). The first kappa shape index (κ1) is 15.6. The number of amides is 1. The van der Waals surface area contributed by atoms with Gasteiger partial charge in [-0.15, -0.1) is 0 Å². The number of benzene rings is 1. The van der Waals surface area contributed by atoms with Crippen molar-refractivity contribution >= 4 is 34.4 Å². The van der Waals surface area contributed by atoms with Gasteiger partial charge in [0, 0.05) is 30.8 Å². The van der Waals surface area contributed by atoms with Crippen molar-refractivity contribution in [2.75, 3.05) is 18.1 Å². The molecular formula is C15H17NO4S. The standard InChI is InChI=1S/C15H17NO4S/c1-3-20-15(19)11-5-4-6-12(7-11)16-9-13(8-14(16)18)21-10(2)17/h4-7,13H,3,8-9H2,1-2H3. The Labute approximate surface area is 127 Å². The molecule has 21 heavy (non-hydrogen) atoms. The van der Waals surface area contributed by atoms with Crippen molar-refractivity contribution in [3.8, 4) is 0 Å². The van der Waals surface area contributed by atoms with Gasteiger partial charge >= 0.3 is 5.97 Å². The summed E-state index contributed by atoms with van der Waals surface area (Å²) in [5.74, 6) is -0.435. The first-order valence-corrected chi connectivity index (χ1v) is 7.64. The van der Waals surface area contributed by atoms with E-state index in [1.54, 1.807) is 36.1 Å². The van der Waals surface area contributed by atoms with Gasteiger partial charge in [0.25, 0.3) is 0 Å². The molecule has 0 saturated carbocycles. The summed E-state index contributed by atoms with van der Waals surface area (Å²) in [6, 6.07) is 6.81. The third kappa shape index (κ3) is 3.85. The van der Waals surface area contributed by atoms with Crippen molar-refractivity contribution in [3.63, 3.8) is 0 Å². The molecule has 1 unspecified atom stereocenters. The monoisotopic (exact) mass is 307 g/mol. The Morgan fingerprint density at radius 2 is 2.19 bits per heavy atom. The Bertz CT molecular complexity index is 573. The van der Waals surface area contributed by atoms with Gasteiger partial charge in [0.2, 0.25) is 5.91 Å². The van der Waals surface area contributed by atoms with Gasteiger partial charge in [-0.05, 0) is 25.1 Å². The number of esters is 1. The number of nitrogens with zero attached hydrogens (tertiary/aromatic N) is 1. The van der Waals surface area contributed by atoms with E-state index in [0.29, 0.717) is 30.8 Å². The van der Waals surface area contributed by atoms with Crippen LogP contribution in [0.2, 0.25) is 0 Å². The minimum Gasteiger partial charge on any atom is -0.462 e. The average molecular weight is 307 g/mol. The molecular weight excluding hydrogens is 290 g/mol. The van der Waals surface area contributed by atoms with Crippen LogP contribution in [-0.4, -0.2) is 35.4 Å². The number of carbonyl (C=O) groups is 3. The fourth-order valence-electron chi connectivity index (χ4n) is 2.25. The molecule has 0 spiro atoms. The smallest absolute Gasteiger partial charge is 0.338 e. The Morgan fingerprint density at radius 3 is 2.86 bits per heavy atom. The summed E-state index contributed by atoms with van der Waals surface area (Å²) in [4.78, 5) is 36.5. The van der Waals surface area contributed by atoms with Gasteiger partial charge in [-0.1, -0.05) is 17.8 Å². The highest BCUT2D eigenvalue weighted by atomic mass is 32.2. The van der Waals surface area contributed by atoms with E-state index in [-0.39, 0.29) is 16.3 Å². The van der Waals surface area contributed by atoms with E-state index in [4.69, 9.17) is 4.74 Å². The molecule has 0 radical (unpaired) electrons. The molecule has 112 valence electrons. The lowest BCUT2D eigenvalue weighted by Gasteiger charge is -2.17. The summed E-state index contributed by atoms with van der Waals surface area (Å²) in [6.07, 6.45) is 0.341. The number of ether oxygens (including phenoxy) is 1. The van der Waals surface area contributed by atoms with Crippen LogP contribution >= 0.6 is 11.8 Å². The summed E-state index contributed by atoms with van der Waals surface area (Å²) in [5, 5.41) is -0.0174. The van der Waals surface area contributed by atoms with Crippen LogP contribution in [0.15, 0.2) is 24.3 Å². The quantitative estimate of drug-likeness (QED) is 0.798. The second kappa shape index (κ2) is 6.76. The molecule has 5 nitrogen and oxygen atoms in total. The number of hydrogen-bond donors (Lipinski definition) is 0. The van der Waals surface area contributed by atoms with Gasteiger partial charge in [-0.2, -0.15) is 0 Å². The second-order valence-electron chi connectivity index (χ2n) is 4.71. The molecule has 1 amide bonds. The zero-order valence-electron chi connectivity index (χ0n) is 12.0. The molecule has 1 atom stereocenters. The van der Waals surface area contributed by atoms with E-state index in [9.17, 15) is 14.4 Å². The Morgan fingerprint density at radius 1 is 1.43 bits per heavy atom. The van der Waals surface area contributed by atoms with E-state index in [1.807, 2.05) is 0 Å². The summed E-state index contributed by atoms with van der Waals surface area (Å²) in [7, 11) is 0. The van der Waals surface area contributed by atoms with Gasteiger partial charge < -0.3 is 9.64 Å². The van der Waals surface area contributed by atoms with E-state index < -0.39 is 5.97 Å². The van der Waals surface area contributed by atoms with Crippen LogP contribution in [0.4, 0.5) is 5.69 Å². The van der Waals surface area contributed by atoms with Crippen LogP contribution in [0.5, 0.6) is 0 Å². The van der Waals surface area contributed by atoms with E-state index >= 15 is 0 Å². The van der Waals surface area contributed by atoms with Crippen molar-refractivity contribution < 1.29 is 19.1 Å². The van der Waals surface area contributed by atoms with Gasteiger partial charge in [0.05, 0.1) is 12.2 Å². The highest BCUT2D eigenvalue weighted by Gasteiger charge is 2.32.